The molecule has 1 atom stereocenters. The number of methoxy groups -OCH3 is 2. The van der Waals surface area contributed by atoms with Crippen molar-refractivity contribution in [2.24, 2.45) is 0 Å². The van der Waals surface area contributed by atoms with Gasteiger partial charge in [-0.25, -0.2) is 0 Å². The van der Waals surface area contributed by atoms with E-state index in [1.807, 2.05) is 19.1 Å². The van der Waals surface area contributed by atoms with E-state index in [2.05, 4.69) is 11.4 Å². The summed E-state index contributed by atoms with van der Waals surface area (Å²) in [6.45, 7) is 1.99. The second kappa shape index (κ2) is 7.65. The first-order valence-electron chi connectivity index (χ1n) is 7.04. The van der Waals surface area contributed by atoms with Crippen LogP contribution >= 0.6 is 11.3 Å². The third kappa shape index (κ3) is 4.02. The number of para-hydroxylation sites is 1. The van der Waals surface area contributed by atoms with E-state index in [0.29, 0.717) is 17.1 Å². The summed E-state index contributed by atoms with van der Waals surface area (Å²) in [4.78, 5) is 14.3. The Bertz CT molecular complexity index is 734. The van der Waals surface area contributed by atoms with E-state index in [1.54, 1.807) is 29.5 Å². The van der Waals surface area contributed by atoms with Gasteiger partial charge in [0, 0.05) is 15.3 Å². The van der Waals surface area contributed by atoms with Crippen molar-refractivity contribution in [1.82, 2.24) is 5.32 Å². The summed E-state index contributed by atoms with van der Waals surface area (Å²) < 4.78 is 10.6. The van der Waals surface area contributed by atoms with Crippen LogP contribution in [0.15, 0.2) is 30.3 Å². The van der Waals surface area contributed by atoms with Crippen molar-refractivity contribution in [3.63, 3.8) is 0 Å². The summed E-state index contributed by atoms with van der Waals surface area (Å²) in [6.07, 6.45) is 0.253. The molecule has 0 radical (unpaired) electrons. The van der Waals surface area contributed by atoms with Gasteiger partial charge in [0.05, 0.1) is 26.7 Å². The van der Waals surface area contributed by atoms with Crippen LogP contribution in [0.5, 0.6) is 11.5 Å². The van der Waals surface area contributed by atoms with Crippen LogP contribution in [0, 0.1) is 18.3 Å². The minimum Gasteiger partial charge on any atom is -0.493 e. The Morgan fingerprint density at radius 1 is 1.30 bits per heavy atom. The van der Waals surface area contributed by atoms with Gasteiger partial charge in [0.25, 0.3) is 0 Å². The van der Waals surface area contributed by atoms with Crippen LogP contribution in [0.25, 0.3) is 0 Å². The standard InChI is InChI=1S/C17H18N2O3S/c1-11-7-8-12(23-11)9-16(20)19-14(10-18)13-5-4-6-15(21-2)17(13)22-3/h4-8,14H,9H2,1-3H3,(H,19,20). The van der Waals surface area contributed by atoms with Crippen LogP contribution in [-0.4, -0.2) is 20.1 Å². The normalized spacial score (nSPS) is 11.4. The number of hydrogen-bond acceptors (Lipinski definition) is 5. The van der Waals surface area contributed by atoms with E-state index in [4.69, 9.17) is 9.47 Å². The number of thiophene rings is 1. The predicted molar refractivity (Wildman–Crippen MR) is 88.8 cm³/mol. The first kappa shape index (κ1) is 16.8. The lowest BCUT2D eigenvalue weighted by Crippen LogP contribution is -2.29. The lowest BCUT2D eigenvalue weighted by molar-refractivity contribution is -0.120. The zero-order valence-electron chi connectivity index (χ0n) is 13.3. The maximum atomic E-state index is 12.2. The first-order valence-corrected chi connectivity index (χ1v) is 7.86. The number of benzene rings is 1. The third-order valence-electron chi connectivity index (χ3n) is 3.31. The molecule has 0 fully saturated rings. The molecule has 5 nitrogen and oxygen atoms in total. The van der Waals surface area contributed by atoms with Crippen molar-refractivity contribution < 1.29 is 14.3 Å². The van der Waals surface area contributed by atoms with Gasteiger partial charge in [-0.1, -0.05) is 12.1 Å². The van der Waals surface area contributed by atoms with Crippen molar-refractivity contribution in [2.45, 2.75) is 19.4 Å². The second-order valence-electron chi connectivity index (χ2n) is 4.90. The quantitative estimate of drug-likeness (QED) is 0.884. The van der Waals surface area contributed by atoms with Crippen LogP contribution in [0.4, 0.5) is 0 Å². The molecule has 0 aliphatic carbocycles. The summed E-state index contributed by atoms with van der Waals surface area (Å²) in [7, 11) is 3.03. The lowest BCUT2D eigenvalue weighted by Gasteiger charge is -2.17. The van der Waals surface area contributed by atoms with E-state index < -0.39 is 6.04 Å². The Kier molecular flexibility index (Phi) is 5.61. The molecule has 0 spiro atoms. The predicted octanol–water partition coefficient (Wildman–Crippen LogP) is 3.00. The number of carbonyl (C=O) groups excluding carboxylic acids is 1. The van der Waals surface area contributed by atoms with E-state index in [-0.39, 0.29) is 12.3 Å². The highest BCUT2D eigenvalue weighted by Gasteiger charge is 2.21. The largest absolute Gasteiger partial charge is 0.493 e. The van der Waals surface area contributed by atoms with Crippen LogP contribution in [-0.2, 0) is 11.2 Å². The van der Waals surface area contributed by atoms with Crippen molar-refractivity contribution in [1.29, 1.82) is 5.26 Å². The minimum atomic E-state index is -0.798. The van der Waals surface area contributed by atoms with Crippen LogP contribution in [0.1, 0.15) is 21.4 Å². The van der Waals surface area contributed by atoms with Crippen LogP contribution in [0.3, 0.4) is 0 Å². The molecule has 120 valence electrons. The number of nitrogens with one attached hydrogen (secondary N) is 1. The summed E-state index contributed by atoms with van der Waals surface area (Å²) >= 11 is 1.57. The fraction of sp³-hybridized carbons (Fsp3) is 0.294. The number of aryl methyl sites for hydroxylation is 1. The monoisotopic (exact) mass is 330 g/mol. The molecule has 1 unspecified atom stereocenters. The van der Waals surface area contributed by atoms with Crippen molar-refractivity contribution >= 4 is 17.2 Å². The Morgan fingerprint density at radius 3 is 2.65 bits per heavy atom. The Labute approximate surface area is 139 Å². The zero-order chi connectivity index (χ0) is 16.8. The number of hydrogen-bond donors (Lipinski definition) is 1. The molecule has 1 amide bonds. The first-order chi connectivity index (χ1) is 11.1. The fourth-order valence-corrected chi connectivity index (χ4v) is 3.16. The van der Waals surface area contributed by atoms with E-state index in [0.717, 1.165) is 9.75 Å². The molecule has 6 heteroatoms. The number of amides is 1. The van der Waals surface area contributed by atoms with Crippen molar-refractivity contribution in [2.75, 3.05) is 14.2 Å². The average Bonchev–Trinajstić information content (AvgIpc) is 2.96. The molecule has 23 heavy (non-hydrogen) atoms. The molecule has 0 saturated heterocycles. The molecule has 0 saturated carbocycles. The summed E-state index contributed by atoms with van der Waals surface area (Å²) in [5.41, 5.74) is 0.574. The number of rotatable bonds is 6. The molecule has 1 heterocycles. The van der Waals surface area contributed by atoms with E-state index in [9.17, 15) is 10.1 Å². The van der Waals surface area contributed by atoms with Gasteiger partial charge in [-0.15, -0.1) is 11.3 Å². The number of nitriles is 1. The maximum absolute atomic E-state index is 12.2. The van der Waals surface area contributed by atoms with Gasteiger partial charge in [-0.05, 0) is 25.1 Å². The minimum absolute atomic E-state index is 0.205. The highest BCUT2D eigenvalue weighted by molar-refractivity contribution is 7.12. The van der Waals surface area contributed by atoms with Gasteiger partial charge in [0.2, 0.25) is 5.91 Å². The molecule has 1 aromatic heterocycles. The topological polar surface area (TPSA) is 71.3 Å². The number of nitrogens with zero attached hydrogens (tertiary/aromatic N) is 1. The Morgan fingerprint density at radius 2 is 2.09 bits per heavy atom. The molecule has 2 rings (SSSR count). The molecule has 1 N–H and O–H groups in total. The molecular formula is C17H18N2O3S. The van der Waals surface area contributed by atoms with Crippen molar-refractivity contribution in [3.05, 3.63) is 45.6 Å². The molecule has 1 aromatic carbocycles. The Balaban J connectivity index is 2.17. The second-order valence-corrected chi connectivity index (χ2v) is 6.27. The van der Waals surface area contributed by atoms with Crippen LogP contribution in [0.2, 0.25) is 0 Å². The number of carbonyl (C=O) groups is 1. The maximum Gasteiger partial charge on any atom is 0.226 e. The Hall–Kier alpha value is -2.52. The number of ether oxygens (including phenoxy) is 2. The summed E-state index contributed by atoms with van der Waals surface area (Å²) in [5.74, 6) is 0.769. The van der Waals surface area contributed by atoms with Gasteiger partial charge in [-0.2, -0.15) is 5.26 Å². The molecule has 2 aromatic rings. The van der Waals surface area contributed by atoms with Gasteiger partial charge in [-0.3, -0.25) is 4.79 Å². The van der Waals surface area contributed by atoms with Gasteiger partial charge in [0.1, 0.15) is 6.04 Å². The fourth-order valence-electron chi connectivity index (χ4n) is 2.27. The van der Waals surface area contributed by atoms with Crippen LogP contribution < -0.4 is 14.8 Å². The highest BCUT2D eigenvalue weighted by Crippen LogP contribution is 2.34. The van der Waals surface area contributed by atoms with Gasteiger partial charge < -0.3 is 14.8 Å². The lowest BCUT2D eigenvalue weighted by atomic mass is 10.1. The molecule has 0 bridgehead atoms. The zero-order valence-corrected chi connectivity index (χ0v) is 14.1. The summed E-state index contributed by atoms with van der Waals surface area (Å²) in [6, 6.07) is 10.4. The summed E-state index contributed by atoms with van der Waals surface area (Å²) in [5, 5.41) is 12.2. The van der Waals surface area contributed by atoms with Gasteiger partial charge >= 0.3 is 0 Å². The molecular weight excluding hydrogens is 312 g/mol. The van der Waals surface area contributed by atoms with Crippen molar-refractivity contribution in [3.8, 4) is 17.6 Å². The SMILES string of the molecule is COc1cccc(C(C#N)NC(=O)Cc2ccc(C)s2)c1OC. The smallest absolute Gasteiger partial charge is 0.226 e. The highest BCUT2D eigenvalue weighted by atomic mass is 32.1. The molecule has 0 aliphatic rings. The average molecular weight is 330 g/mol. The van der Waals surface area contributed by atoms with E-state index in [1.165, 1.54) is 14.2 Å². The van der Waals surface area contributed by atoms with E-state index >= 15 is 0 Å². The third-order valence-corrected chi connectivity index (χ3v) is 4.31. The van der Waals surface area contributed by atoms with Gasteiger partial charge in [0.15, 0.2) is 11.5 Å². The molecule has 0 aliphatic heterocycles.